The lowest BCUT2D eigenvalue weighted by atomic mass is 10.2. The molecule has 1 unspecified atom stereocenters. The quantitative estimate of drug-likeness (QED) is 0.748. The minimum atomic E-state index is -1.46. The molecule has 0 radical (unpaired) electrons. The average molecular weight is 270 g/mol. The second-order valence-corrected chi connectivity index (χ2v) is 5.41. The van der Waals surface area contributed by atoms with E-state index in [1.165, 1.54) is 0 Å². The zero-order chi connectivity index (χ0) is 13.2. The maximum absolute atomic E-state index is 12.3. The number of carbonyl (C=O) groups excluding carboxylic acids is 1. The Morgan fingerprint density at radius 3 is 2.42 bits per heavy atom. The summed E-state index contributed by atoms with van der Waals surface area (Å²) < 4.78 is 17.5. The minimum Gasteiger partial charge on any atom is -0.413 e. The van der Waals surface area contributed by atoms with Crippen LogP contribution in [-0.2, 0) is 15.5 Å². The molecule has 94 valence electrons. The van der Waals surface area contributed by atoms with Crippen molar-refractivity contribution in [2.24, 2.45) is 0 Å². The van der Waals surface area contributed by atoms with Crippen molar-refractivity contribution in [2.45, 2.75) is 4.90 Å². The number of carbonyl (C=O) groups is 1. The largest absolute Gasteiger partial charge is 0.413 e. The molecule has 1 heterocycles. The second kappa shape index (κ2) is 4.82. The number of hydrogen-bond acceptors (Lipinski definition) is 3. The number of fused-ring (bicyclic) bond motifs is 1. The van der Waals surface area contributed by atoms with Crippen LogP contribution in [0.1, 0.15) is 15.9 Å². The van der Waals surface area contributed by atoms with Gasteiger partial charge in [-0.3, -0.25) is 0 Å². The lowest BCUT2D eigenvalue weighted by Crippen LogP contribution is -2.17. The Morgan fingerprint density at radius 1 is 0.947 bits per heavy atom. The van der Waals surface area contributed by atoms with Gasteiger partial charge in [-0.05, 0) is 23.8 Å². The molecule has 19 heavy (non-hydrogen) atoms. The molecule has 3 nitrogen and oxygen atoms in total. The van der Waals surface area contributed by atoms with Gasteiger partial charge in [-0.25, -0.2) is 9.00 Å². The molecule has 2 aromatic rings. The monoisotopic (exact) mass is 270 g/mol. The number of cyclic esters (lactones) is 1. The molecule has 0 aliphatic carbocycles. The molecule has 0 saturated heterocycles. The molecule has 0 fully saturated rings. The lowest BCUT2D eigenvalue weighted by Gasteiger charge is -2.16. The van der Waals surface area contributed by atoms with Crippen molar-refractivity contribution in [3.05, 3.63) is 70.8 Å². The molecule has 1 atom stereocenters. The number of hydrogen-bond donors (Lipinski definition) is 0. The second-order valence-electron chi connectivity index (χ2n) is 4.03. The first kappa shape index (κ1) is 11.9. The van der Waals surface area contributed by atoms with Gasteiger partial charge in [-0.1, -0.05) is 42.5 Å². The third-order valence-electron chi connectivity index (χ3n) is 2.77. The molecule has 0 bridgehead atoms. The van der Waals surface area contributed by atoms with E-state index in [4.69, 9.17) is 4.74 Å². The van der Waals surface area contributed by atoms with E-state index < -0.39 is 16.8 Å². The summed E-state index contributed by atoms with van der Waals surface area (Å²) in [5.41, 5.74) is 1.21. The van der Waals surface area contributed by atoms with Crippen LogP contribution in [0.2, 0.25) is 0 Å². The third kappa shape index (κ3) is 2.22. The Balaban J connectivity index is 2.06. The van der Waals surface area contributed by atoms with Crippen molar-refractivity contribution >= 4 is 22.8 Å². The van der Waals surface area contributed by atoms with E-state index in [-0.39, 0.29) is 5.09 Å². The summed E-state index contributed by atoms with van der Waals surface area (Å²) >= 11 is 0. The van der Waals surface area contributed by atoms with Crippen LogP contribution < -0.4 is 0 Å². The zero-order valence-corrected chi connectivity index (χ0v) is 10.7. The van der Waals surface area contributed by atoms with Crippen LogP contribution in [0.5, 0.6) is 0 Å². The first-order valence-corrected chi connectivity index (χ1v) is 6.90. The lowest BCUT2D eigenvalue weighted by molar-refractivity contribution is 0.0641. The van der Waals surface area contributed by atoms with E-state index in [0.717, 1.165) is 5.56 Å². The number of rotatable bonds is 1. The normalized spacial score (nSPS) is 19.9. The third-order valence-corrected chi connectivity index (χ3v) is 4.09. The average Bonchev–Trinajstić information content (AvgIpc) is 2.46. The Morgan fingerprint density at radius 2 is 1.63 bits per heavy atom. The molecule has 0 aromatic heterocycles. The fourth-order valence-electron chi connectivity index (χ4n) is 1.86. The van der Waals surface area contributed by atoms with Gasteiger partial charge >= 0.3 is 5.97 Å². The van der Waals surface area contributed by atoms with Crippen molar-refractivity contribution in [1.29, 1.82) is 0 Å². The van der Waals surface area contributed by atoms with E-state index in [1.54, 1.807) is 30.3 Å². The molecule has 1 aliphatic rings. The van der Waals surface area contributed by atoms with Gasteiger partial charge in [-0.2, -0.15) is 0 Å². The zero-order valence-electron chi connectivity index (χ0n) is 9.91. The van der Waals surface area contributed by atoms with Crippen molar-refractivity contribution in [3.63, 3.8) is 0 Å². The van der Waals surface area contributed by atoms with Gasteiger partial charge < -0.3 is 4.74 Å². The topological polar surface area (TPSA) is 43.4 Å². The molecule has 0 N–H and O–H groups in total. The van der Waals surface area contributed by atoms with Gasteiger partial charge in [0, 0.05) is 0 Å². The molecule has 0 amide bonds. The standard InChI is InChI=1S/C15H10O3S/c16-15-12-8-4-5-9-13(12)19(17)14(18-15)10-11-6-2-1-3-7-11/h1-10H/b14-10+. The van der Waals surface area contributed by atoms with Gasteiger partial charge in [0.1, 0.15) is 10.8 Å². The van der Waals surface area contributed by atoms with Crippen LogP contribution in [0, 0.1) is 0 Å². The van der Waals surface area contributed by atoms with Crippen LogP contribution in [0.15, 0.2) is 64.6 Å². The summed E-state index contributed by atoms with van der Waals surface area (Å²) in [6.45, 7) is 0. The van der Waals surface area contributed by atoms with Gasteiger partial charge in [0.2, 0.25) is 0 Å². The summed E-state index contributed by atoms with van der Waals surface area (Å²) in [7, 11) is -1.46. The molecule has 2 aromatic carbocycles. The van der Waals surface area contributed by atoms with E-state index in [2.05, 4.69) is 0 Å². The van der Waals surface area contributed by atoms with E-state index in [9.17, 15) is 9.00 Å². The molecule has 4 heteroatoms. The van der Waals surface area contributed by atoms with Crippen molar-refractivity contribution in [1.82, 2.24) is 0 Å². The number of benzene rings is 2. The summed E-state index contributed by atoms with van der Waals surface area (Å²) in [5.74, 6) is -0.461. The fraction of sp³-hybridized carbons (Fsp3) is 0. The first-order valence-electron chi connectivity index (χ1n) is 5.75. The highest BCUT2D eigenvalue weighted by Gasteiger charge is 2.28. The molecule has 0 saturated carbocycles. The van der Waals surface area contributed by atoms with Gasteiger partial charge in [0.25, 0.3) is 0 Å². The Labute approximate surface area is 113 Å². The summed E-state index contributed by atoms with van der Waals surface area (Å²) in [4.78, 5) is 12.3. The number of esters is 1. The highest BCUT2D eigenvalue weighted by molar-refractivity contribution is 7.89. The SMILES string of the molecule is O=C1O/C(=C\c2ccccc2)S(=O)c2ccccc21. The molecular formula is C15H10O3S. The summed E-state index contributed by atoms with van der Waals surface area (Å²) in [6, 6.07) is 16.1. The van der Waals surface area contributed by atoms with Gasteiger partial charge in [0.05, 0.1) is 10.5 Å². The Hall–Kier alpha value is -2.20. The molecule has 0 spiro atoms. The Kier molecular flexibility index (Phi) is 3.01. The van der Waals surface area contributed by atoms with Crippen molar-refractivity contribution in [3.8, 4) is 0 Å². The maximum Gasteiger partial charge on any atom is 0.345 e. The predicted octanol–water partition coefficient (Wildman–Crippen LogP) is 2.96. The van der Waals surface area contributed by atoms with Crippen LogP contribution >= 0.6 is 0 Å². The predicted molar refractivity (Wildman–Crippen MR) is 72.7 cm³/mol. The molecule has 1 aliphatic heterocycles. The van der Waals surface area contributed by atoms with Crippen LogP contribution in [0.25, 0.3) is 6.08 Å². The van der Waals surface area contributed by atoms with Gasteiger partial charge in [-0.15, -0.1) is 0 Å². The minimum absolute atomic E-state index is 0.176. The van der Waals surface area contributed by atoms with Gasteiger partial charge in [0.15, 0.2) is 5.09 Å². The molecule has 3 rings (SSSR count). The summed E-state index contributed by atoms with van der Waals surface area (Å²) in [6.07, 6.45) is 1.63. The van der Waals surface area contributed by atoms with E-state index in [1.807, 2.05) is 30.3 Å². The Bertz CT molecular complexity index is 690. The smallest absolute Gasteiger partial charge is 0.345 e. The maximum atomic E-state index is 12.3. The fourth-order valence-corrected chi connectivity index (χ4v) is 3.02. The summed E-state index contributed by atoms with van der Waals surface area (Å²) in [5, 5.41) is 0.176. The van der Waals surface area contributed by atoms with E-state index >= 15 is 0 Å². The highest BCUT2D eigenvalue weighted by Crippen LogP contribution is 2.28. The number of ether oxygens (including phenoxy) is 1. The van der Waals surface area contributed by atoms with Crippen molar-refractivity contribution in [2.75, 3.05) is 0 Å². The van der Waals surface area contributed by atoms with Crippen LogP contribution in [0.3, 0.4) is 0 Å². The van der Waals surface area contributed by atoms with Crippen LogP contribution in [-0.4, -0.2) is 10.2 Å². The van der Waals surface area contributed by atoms with E-state index in [0.29, 0.717) is 10.5 Å². The molecular weight excluding hydrogens is 260 g/mol. The van der Waals surface area contributed by atoms with Crippen LogP contribution in [0.4, 0.5) is 0 Å². The first-order chi connectivity index (χ1) is 9.25. The highest BCUT2D eigenvalue weighted by atomic mass is 32.2. The van der Waals surface area contributed by atoms with Crippen molar-refractivity contribution < 1.29 is 13.7 Å².